The summed E-state index contributed by atoms with van der Waals surface area (Å²) in [4.78, 5) is 30.3. The van der Waals surface area contributed by atoms with Crippen LogP contribution in [0.15, 0.2) is 60.4 Å². The zero-order valence-corrected chi connectivity index (χ0v) is 22.7. The summed E-state index contributed by atoms with van der Waals surface area (Å²) in [5, 5.41) is 3.02. The molecule has 2 atom stereocenters. The van der Waals surface area contributed by atoms with Crippen LogP contribution >= 0.6 is 0 Å². The minimum atomic E-state index is -0.406. The molecule has 6 nitrogen and oxygen atoms in total. The first-order valence-electron chi connectivity index (χ1n) is 14.5. The SMILES string of the molecule is O=C(CN1C(=O)/C(=C\c2ccccc2F)OC2CCCCC21)NCCCN1CCC(Cc2ccccc2)CC1. The molecule has 1 aliphatic carbocycles. The van der Waals surface area contributed by atoms with Crippen LogP contribution in [0.1, 0.15) is 56.1 Å². The smallest absolute Gasteiger partial charge is 0.289 e. The second-order valence-corrected chi connectivity index (χ2v) is 11.1. The van der Waals surface area contributed by atoms with Crippen molar-refractivity contribution in [3.8, 4) is 0 Å². The van der Waals surface area contributed by atoms with Crippen LogP contribution < -0.4 is 5.32 Å². The molecule has 2 heterocycles. The number of amides is 2. The Bertz CT molecular complexity index is 1150. The van der Waals surface area contributed by atoms with Gasteiger partial charge in [0.15, 0.2) is 5.76 Å². The molecule has 1 saturated carbocycles. The molecule has 2 aromatic rings. The molecule has 2 amide bonds. The highest BCUT2D eigenvalue weighted by Gasteiger charge is 2.42. The van der Waals surface area contributed by atoms with Crippen LogP contribution in [0.4, 0.5) is 4.39 Å². The molecule has 2 aromatic carbocycles. The molecule has 3 fully saturated rings. The van der Waals surface area contributed by atoms with Crippen LogP contribution in [-0.4, -0.2) is 66.5 Å². The Morgan fingerprint density at radius 3 is 2.54 bits per heavy atom. The first-order valence-corrected chi connectivity index (χ1v) is 14.5. The topological polar surface area (TPSA) is 61.9 Å². The minimum absolute atomic E-state index is 0.00283. The number of carbonyl (C=O) groups excluding carboxylic acids is 2. The van der Waals surface area contributed by atoms with Gasteiger partial charge < -0.3 is 19.9 Å². The summed E-state index contributed by atoms with van der Waals surface area (Å²) in [5.41, 5.74) is 1.73. The number of fused-ring (bicyclic) bond motifs is 1. The second-order valence-electron chi connectivity index (χ2n) is 11.1. The van der Waals surface area contributed by atoms with Gasteiger partial charge in [0.25, 0.3) is 5.91 Å². The Kier molecular flexibility index (Phi) is 9.30. The number of benzene rings is 2. The van der Waals surface area contributed by atoms with E-state index < -0.39 is 5.82 Å². The lowest BCUT2D eigenvalue weighted by Gasteiger charge is -2.44. The van der Waals surface area contributed by atoms with E-state index in [0.29, 0.717) is 12.1 Å². The number of hydrogen-bond acceptors (Lipinski definition) is 4. The van der Waals surface area contributed by atoms with Gasteiger partial charge in [-0.2, -0.15) is 0 Å². The summed E-state index contributed by atoms with van der Waals surface area (Å²) < 4.78 is 20.3. The molecule has 208 valence electrons. The molecule has 3 aliphatic rings. The third kappa shape index (κ3) is 7.27. The number of piperidine rings is 1. The number of rotatable bonds is 9. The van der Waals surface area contributed by atoms with Crippen molar-refractivity contribution in [2.24, 2.45) is 5.92 Å². The van der Waals surface area contributed by atoms with Crippen molar-refractivity contribution >= 4 is 17.9 Å². The predicted molar refractivity (Wildman–Crippen MR) is 150 cm³/mol. The number of likely N-dealkylation sites (tertiary alicyclic amines) is 1. The van der Waals surface area contributed by atoms with Gasteiger partial charge in [-0.3, -0.25) is 9.59 Å². The maximum absolute atomic E-state index is 14.2. The fraction of sp³-hybridized carbons (Fsp3) is 0.500. The van der Waals surface area contributed by atoms with E-state index in [0.717, 1.165) is 64.1 Å². The Balaban J connectivity index is 1.08. The van der Waals surface area contributed by atoms with E-state index in [9.17, 15) is 14.0 Å². The molecule has 0 spiro atoms. The maximum Gasteiger partial charge on any atom is 0.289 e. The number of hydrogen-bond donors (Lipinski definition) is 1. The van der Waals surface area contributed by atoms with Gasteiger partial charge in [-0.15, -0.1) is 0 Å². The monoisotopic (exact) mass is 533 g/mol. The molecule has 2 unspecified atom stereocenters. The Hall–Kier alpha value is -3.19. The molecular weight excluding hydrogens is 493 g/mol. The summed E-state index contributed by atoms with van der Waals surface area (Å²) in [6.07, 6.45) is 9.45. The van der Waals surface area contributed by atoms with E-state index in [4.69, 9.17) is 4.74 Å². The molecule has 0 bridgehead atoms. The highest BCUT2D eigenvalue weighted by molar-refractivity contribution is 5.98. The van der Waals surface area contributed by atoms with Gasteiger partial charge in [0.05, 0.1) is 6.04 Å². The van der Waals surface area contributed by atoms with Crippen LogP contribution in [0, 0.1) is 11.7 Å². The number of carbonyl (C=O) groups is 2. The van der Waals surface area contributed by atoms with E-state index in [-0.39, 0.29) is 36.3 Å². The fourth-order valence-electron chi connectivity index (χ4n) is 6.20. The number of ether oxygens (including phenoxy) is 1. The maximum atomic E-state index is 14.2. The fourth-order valence-corrected chi connectivity index (χ4v) is 6.20. The van der Waals surface area contributed by atoms with E-state index in [1.807, 2.05) is 0 Å². The summed E-state index contributed by atoms with van der Waals surface area (Å²) in [6.45, 7) is 3.77. The first-order chi connectivity index (χ1) is 19.1. The summed E-state index contributed by atoms with van der Waals surface area (Å²) in [5.74, 6) is -0.0322. The average molecular weight is 534 g/mol. The number of halogens is 1. The molecule has 1 N–H and O–H groups in total. The van der Waals surface area contributed by atoms with Crippen LogP contribution in [0.3, 0.4) is 0 Å². The standard InChI is InChI=1S/C32H40FN3O3/c33-27-12-5-4-11-26(27)22-30-32(38)36(28-13-6-7-14-29(28)39-30)23-31(37)34-17-8-18-35-19-15-25(16-20-35)21-24-9-2-1-3-10-24/h1-5,9-12,22,25,28-29H,6-8,13-21,23H2,(H,34,37)/b30-22+. The van der Waals surface area contributed by atoms with E-state index in [1.54, 1.807) is 23.1 Å². The Morgan fingerprint density at radius 2 is 1.74 bits per heavy atom. The average Bonchev–Trinajstić information content (AvgIpc) is 2.96. The van der Waals surface area contributed by atoms with Crippen LogP contribution in [-0.2, 0) is 20.7 Å². The van der Waals surface area contributed by atoms with Gasteiger partial charge in [-0.25, -0.2) is 4.39 Å². The third-order valence-corrected chi connectivity index (χ3v) is 8.37. The van der Waals surface area contributed by atoms with Crippen molar-refractivity contribution in [1.29, 1.82) is 0 Å². The van der Waals surface area contributed by atoms with Crippen molar-refractivity contribution in [3.63, 3.8) is 0 Å². The molecule has 39 heavy (non-hydrogen) atoms. The highest BCUT2D eigenvalue weighted by Crippen LogP contribution is 2.33. The van der Waals surface area contributed by atoms with Crippen LogP contribution in [0.25, 0.3) is 6.08 Å². The number of nitrogens with one attached hydrogen (secondary N) is 1. The van der Waals surface area contributed by atoms with E-state index in [1.165, 1.54) is 30.5 Å². The van der Waals surface area contributed by atoms with Gasteiger partial charge in [-0.05, 0) is 88.2 Å². The Labute approximate surface area is 231 Å². The van der Waals surface area contributed by atoms with Gasteiger partial charge in [0, 0.05) is 12.1 Å². The van der Waals surface area contributed by atoms with Crippen molar-refractivity contribution in [2.45, 2.75) is 63.5 Å². The zero-order chi connectivity index (χ0) is 27.0. The summed E-state index contributed by atoms with van der Waals surface area (Å²) >= 11 is 0. The molecular formula is C32H40FN3O3. The van der Waals surface area contributed by atoms with Gasteiger partial charge in [0.2, 0.25) is 5.91 Å². The largest absolute Gasteiger partial charge is 0.482 e. The van der Waals surface area contributed by atoms with E-state index >= 15 is 0 Å². The van der Waals surface area contributed by atoms with Crippen LogP contribution in [0.2, 0.25) is 0 Å². The second kappa shape index (κ2) is 13.2. The quantitative estimate of drug-likeness (QED) is 0.372. The molecule has 0 radical (unpaired) electrons. The lowest BCUT2D eigenvalue weighted by molar-refractivity contribution is -0.151. The van der Waals surface area contributed by atoms with Gasteiger partial charge >= 0.3 is 0 Å². The lowest BCUT2D eigenvalue weighted by Crippen LogP contribution is -2.57. The van der Waals surface area contributed by atoms with Gasteiger partial charge in [-0.1, -0.05) is 55.0 Å². The van der Waals surface area contributed by atoms with Gasteiger partial charge in [0.1, 0.15) is 18.5 Å². The molecule has 5 rings (SSSR count). The zero-order valence-electron chi connectivity index (χ0n) is 22.7. The number of nitrogens with zero attached hydrogens (tertiary/aromatic N) is 2. The third-order valence-electron chi connectivity index (χ3n) is 8.37. The molecule has 0 aromatic heterocycles. The normalized spacial score (nSPS) is 23.4. The number of morpholine rings is 1. The summed E-state index contributed by atoms with van der Waals surface area (Å²) in [6, 6.07) is 16.9. The summed E-state index contributed by atoms with van der Waals surface area (Å²) in [7, 11) is 0. The predicted octanol–water partition coefficient (Wildman–Crippen LogP) is 4.80. The van der Waals surface area contributed by atoms with Crippen molar-refractivity contribution in [1.82, 2.24) is 15.1 Å². The highest BCUT2D eigenvalue weighted by atomic mass is 19.1. The first kappa shape index (κ1) is 27.4. The van der Waals surface area contributed by atoms with Crippen molar-refractivity contribution in [2.75, 3.05) is 32.7 Å². The lowest BCUT2D eigenvalue weighted by atomic mass is 9.89. The Morgan fingerprint density at radius 1 is 1.00 bits per heavy atom. The molecule has 7 heteroatoms. The van der Waals surface area contributed by atoms with Crippen LogP contribution in [0.5, 0.6) is 0 Å². The van der Waals surface area contributed by atoms with Crippen molar-refractivity contribution in [3.05, 3.63) is 77.3 Å². The minimum Gasteiger partial charge on any atom is -0.482 e. The van der Waals surface area contributed by atoms with E-state index in [2.05, 4.69) is 40.5 Å². The van der Waals surface area contributed by atoms with Crippen molar-refractivity contribution < 1.29 is 18.7 Å². The molecule has 2 saturated heterocycles. The molecule has 2 aliphatic heterocycles.